The SMILES string of the molecule is O=C(C/C=C/c1cccc(F)c1)Nc1ccc(CCO)cc1. The Morgan fingerprint density at radius 3 is 2.64 bits per heavy atom. The molecule has 0 heterocycles. The molecule has 0 aliphatic heterocycles. The second kappa shape index (κ2) is 8.10. The Bertz CT molecular complexity index is 650. The van der Waals surface area contributed by atoms with Crippen LogP contribution in [0.2, 0.25) is 0 Å². The molecule has 0 aliphatic carbocycles. The van der Waals surface area contributed by atoms with E-state index in [-0.39, 0.29) is 24.8 Å². The van der Waals surface area contributed by atoms with Crippen LogP contribution >= 0.6 is 0 Å². The van der Waals surface area contributed by atoms with Crippen LogP contribution in [0.4, 0.5) is 10.1 Å². The van der Waals surface area contributed by atoms with Crippen LogP contribution in [0, 0.1) is 5.82 Å². The van der Waals surface area contributed by atoms with Crippen molar-refractivity contribution in [1.29, 1.82) is 0 Å². The van der Waals surface area contributed by atoms with Gasteiger partial charge < -0.3 is 10.4 Å². The minimum atomic E-state index is -0.297. The molecule has 4 heteroatoms. The summed E-state index contributed by atoms with van der Waals surface area (Å²) in [5.74, 6) is -0.433. The molecule has 1 amide bonds. The highest BCUT2D eigenvalue weighted by atomic mass is 19.1. The predicted octanol–water partition coefficient (Wildman–Crippen LogP) is 3.40. The highest BCUT2D eigenvalue weighted by Gasteiger charge is 2.00. The molecule has 114 valence electrons. The number of hydrogen-bond donors (Lipinski definition) is 2. The number of amides is 1. The molecule has 2 rings (SSSR count). The maximum atomic E-state index is 13.0. The van der Waals surface area contributed by atoms with E-state index in [2.05, 4.69) is 5.32 Å². The van der Waals surface area contributed by atoms with Crippen molar-refractivity contribution in [2.75, 3.05) is 11.9 Å². The molecule has 0 radical (unpaired) electrons. The third-order valence-corrected chi connectivity index (χ3v) is 3.10. The molecule has 0 atom stereocenters. The third-order valence-electron chi connectivity index (χ3n) is 3.10. The zero-order valence-electron chi connectivity index (χ0n) is 12.1. The van der Waals surface area contributed by atoms with Gasteiger partial charge in [-0.25, -0.2) is 4.39 Å². The zero-order valence-corrected chi connectivity index (χ0v) is 12.1. The lowest BCUT2D eigenvalue weighted by Crippen LogP contribution is -2.09. The summed E-state index contributed by atoms with van der Waals surface area (Å²) in [5, 5.41) is 11.6. The van der Waals surface area contributed by atoms with Crippen molar-refractivity contribution in [3.63, 3.8) is 0 Å². The Balaban J connectivity index is 1.85. The van der Waals surface area contributed by atoms with Gasteiger partial charge in [0.1, 0.15) is 5.82 Å². The number of anilines is 1. The lowest BCUT2D eigenvalue weighted by Gasteiger charge is -2.04. The third kappa shape index (κ3) is 5.14. The van der Waals surface area contributed by atoms with Crippen LogP contribution in [-0.2, 0) is 11.2 Å². The molecule has 0 unspecified atom stereocenters. The first-order chi connectivity index (χ1) is 10.7. The second-order valence-electron chi connectivity index (χ2n) is 4.88. The summed E-state index contributed by atoms with van der Waals surface area (Å²) in [6, 6.07) is 13.5. The number of nitrogens with one attached hydrogen (secondary N) is 1. The molecular weight excluding hydrogens is 281 g/mol. The van der Waals surface area contributed by atoms with Gasteiger partial charge in [0.15, 0.2) is 0 Å². The normalized spacial score (nSPS) is 10.8. The summed E-state index contributed by atoms with van der Waals surface area (Å²) < 4.78 is 13.0. The smallest absolute Gasteiger partial charge is 0.228 e. The van der Waals surface area contributed by atoms with Gasteiger partial charge in [-0.3, -0.25) is 4.79 Å². The molecule has 22 heavy (non-hydrogen) atoms. The second-order valence-corrected chi connectivity index (χ2v) is 4.88. The van der Waals surface area contributed by atoms with E-state index in [0.29, 0.717) is 12.1 Å². The standard InChI is InChI=1S/C18H18FNO2/c19-16-5-1-3-15(13-16)4-2-6-18(22)20-17-9-7-14(8-10-17)11-12-21/h1-5,7-10,13,21H,6,11-12H2,(H,20,22)/b4-2+. The van der Waals surface area contributed by atoms with Crippen LogP contribution in [0.3, 0.4) is 0 Å². The predicted molar refractivity (Wildman–Crippen MR) is 85.9 cm³/mol. The van der Waals surface area contributed by atoms with Crippen molar-refractivity contribution in [2.24, 2.45) is 0 Å². The van der Waals surface area contributed by atoms with Gasteiger partial charge >= 0.3 is 0 Å². The number of benzene rings is 2. The van der Waals surface area contributed by atoms with Crippen LogP contribution in [0.1, 0.15) is 17.5 Å². The topological polar surface area (TPSA) is 49.3 Å². The molecule has 0 aliphatic rings. The number of carbonyl (C=O) groups excluding carboxylic acids is 1. The highest BCUT2D eigenvalue weighted by Crippen LogP contribution is 2.11. The number of rotatable bonds is 6. The van der Waals surface area contributed by atoms with E-state index in [1.54, 1.807) is 36.4 Å². The minimum absolute atomic E-state index is 0.108. The van der Waals surface area contributed by atoms with Crippen LogP contribution in [0.15, 0.2) is 54.6 Å². The van der Waals surface area contributed by atoms with Gasteiger partial charge in [-0.1, -0.05) is 36.4 Å². The average molecular weight is 299 g/mol. The number of hydrogen-bond acceptors (Lipinski definition) is 2. The van der Waals surface area contributed by atoms with Crippen molar-refractivity contribution in [1.82, 2.24) is 0 Å². The van der Waals surface area contributed by atoms with E-state index in [0.717, 1.165) is 11.1 Å². The molecule has 2 aromatic rings. The van der Waals surface area contributed by atoms with E-state index in [1.807, 2.05) is 12.1 Å². The van der Waals surface area contributed by atoms with Crippen LogP contribution < -0.4 is 5.32 Å². The summed E-state index contributed by atoms with van der Waals surface area (Å²) in [5.41, 5.74) is 2.46. The summed E-state index contributed by atoms with van der Waals surface area (Å²) in [7, 11) is 0. The van der Waals surface area contributed by atoms with E-state index >= 15 is 0 Å². The first kappa shape index (κ1) is 15.9. The summed E-state index contributed by atoms with van der Waals surface area (Å²) in [6.07, 6.45) is 4.23. The molecular formula is C18H18FNO2. The van der Waals surface area contributed by atoms with E-state index in [9.17, 15) is 9.18 Å². The van der Waals surface area contributed by atoms with Gasteiger partial charge in [0, 0.05) is 18.7 Å². The zero-order chi connectivity index (χ0) is 15.8. The Labute approximate surface area is 129 Å². The summed E-state index contributed by atoms with van der Waals surface area (Å²) in [4.78, 5) is 11.8. The van der Waals surface area contributed by atoms with Crippen LogP contribution in [0.5, 0.6) is 0 Å². The molecule has 3 nitrogen and oxygen atoms in total. The maximum Gasteiger partial charge on any atom is 0.228 e. The van der Waals surface area contributed by atoms with Crippen LogP contribution in [0.25, 0.3) is 6.08 Å². The van der Waals surface area contributed by atoms with Crippen molar-refractivity contribution in [2.45, 2.75) is 12.8 Å². The molecule has 2 N–H and O–H groups in total. The lowest BCUT2D eigenvalue weighted by molar-refractivity contribution is -0.115. The summed E-state index contributed by atoms with van der Waals surface area (Å²) in [6.45, 7) is 0.108. The Kier molecular flexibility index (Phi) is 5.86. The Morgan fingerprint density at radius 2 is 1.95 bits per heavy atom. The van der Waals surface area contributed by atoms with Crippen molar-refractivity contribution < 1.29 is 14.3 Å². The molecule has 0 spiro atoms. The maximum absolute atomic E-state index is 13.0. The minimum Gasteiger partial charge on any atom is -0.396 e. The van der Waals surface area contributed by atoms with Crippen molar-refractivity contribution >= 4 is 17.7 Å². The largest absolute Gasteiger partial charge is 0.396 e. The van der Waals surface area contributed by atoms with Crippen molar-refractivity contribution in [3.05, 3.63) is 71.6 Å². The first-order valence-corrected chi connectivity index (χ1v) is 7.09. The first-order valence-electron chi connectivity index (χ1n) is 7.09. The number of aliphatic hydroxyl groups is 1. The van der Waals surface area contributed by atoms with E-state index < -0.39 is 0 Å². The van der Waals surface area contributed by atoms with Gasteiger partial charge in [-0.15, -0.1) is 0 Å². The monoisotopic (exact) mass is 299 g/mol. The summed E-state index contributed by atoms with van der Waals surface area (Å²) >= 11 is 0. The number of aliphatic hydroxyl groups excluding tert-OH is 1. The Hall–Kier alpha value is -2.46. The number of carbonyl (C=O) groups is 1. The van der Waals surface area contributed by atoms with E-state index in [1.165, 1.54) is 12.1 Å². The molecule has 2 aromatic carbocycles. The van der Waals surface area contributed by atoms with Crippen LogP contribution in [-0.4, -0.2) is 17.6 Å². The molecule has 0 fully saturated rings. The average Bonchev–Trinajstić information content (AvgIpc) is 2.50. The molecule has 0 saturated heterocycles. The fourth-order valence-corrected chi connectivity index (χ4v) is 2.01. The fourth-order valence-electron chi connectivity index (χ4n) is 2.01. The molecule has 0 saturated carbocycles. The van der Waals surface area contributed by atoms with Gasteiger partial charge in [-0.2, -0.15) is 0 Å². The fraction of sp³-hybridized carbons (Fsp3) is 0.167. The quantitative estimate of drug-likeness (QED) is 0.859. The molecule has 0 bridgehead atoms. The van der Waals surface area contributed by atoms with E-state index in [4.69, 9.17) is 5.11 Å². The van der Waals surface area contributed by atoms with Gasteiger partial charge in [-0.05, 0) is 41.8 Å². The van der Waals surface area contributed by atoms with Gasteiger partial charge in [0.2, 0.25) is 5.91 Å². The van der Waals surface area contributed by atoms with Gasteiger partial charge in [0.05, 0.1) is 0 Å². The van der Waals surface area contributed by atoms with Gasteiger partial charge in [0.25, 0.3) is 0 Å². The molecule has 0 aromatic heterocycles. The number of halogens is 1. The Morgan fingerprint density at radius 1 is 1.18 bits per heavy atom. The highest BCUT2D eigenvalue weighted by molar-refractivity contribution is 5.92. The lowest BCUT2D eigenvalue weighted by atomic mass is 10.1. The van der Waals surface area contributed by atoms with Crippen molar-refractivity contribution in [3.8, 4) is 0 Å².